The maximum absolute atomic E-state index is 12.9. The smallest absolute Gasteiger partial charge is 0.254 e. The van der Waals surface area contributed by atoms with Gasteiger partial charge in [0.2, 0.25) is 0 Å². The molecule has 1 saturated heterocycles. The number of aliphatic hydroxyl groups is 1. The van der Waals surface area contributed by atoms with Crippen molar-refractivity contribution in [3.8, 4) is 0 Å². The van der Waals surface area contributed by atoms with Crippen LogP contribution in [0.5, 0.6) is 0 Å². The Labute approximate surface area is 193 Å². The lowest BCUT2D eigenvalue weighted by atomic mass is 9.88. The van der Waals surface area contributed by atoms with Crippen LogP contribution in [0.2, 0.25) is 0 Å². The van der Waals surface area contributed by atoms with Gasteiger partial charge in [0.15, 0.2) is 11.0 Å². The monoisotopic (exact) mass is 458 g/mol. The first-order valence-corrected chi connectivity index (χ1v) is 11.7. The molecule has 2 aromatic heterocycles. The average Bonchev–Trinajstić information content (AvgIpc) is 2.82. The lowest BCUT2D eigenvalue weighted by Crippen LogP contribution is -2.64. The number of benzene rings is 2. The number of hydrogen-bond acceptors (Lipinski definition) is 5. The first-order valence-electron chi connectivity index (χ1n) is 10.5. The van der Waals surface area contributed by atoms with Crippen LogP contribution in [0.3, 0.4) is 0 Å². The van der Waals surface area contributed by atoms with Crippen LogP contribution in [0.25, 0.3) is 10.9 Å². The van der Waals surface area contributed by atoms with Crippen molar-refractivity contribution in [2.75, 3.05) is 17.8 Å². The molecular weight excluding hydrogens is 436 g/mol. The summed E-state index contributed by atoms with van der Waals surface area (Å²) < 4.78 is 15.9. The second-order valence-electron chi connectivity index (χ2n) is 8.16. The van der Waals surface area contributed by atoms with Crippen molar-refractivity contribution >= 4 is 33.5 Å². The van der Waals surface area contributed by atoms with Crippen molar-refractivity contribution in [2.45, 2.75) is 16.9 Å². The van der Waals surface area contributed by atoms with Gasteiger partial charge in [0.25, 0.3) is 5.91 Å². The van der Waals surface area contributed by atoms with E-state index in [1.54, 1.807) is 47.6 Å². The van der Waals surface area contributed by atoms with Gasteiger partial charge in [0, 0.05) is 41.1 Å². The Morgan fingerprint density at radius 2 is 1.73 bits per heavy atom. The van der Waals surface area contributed by atoms with Crippen molar-refractivity contribution in [3.63, 3.8) is 0 Å². The number of hydrogen-bond donors (Lipinski definition) is 2. The van der Waals surface area contributed by atoms with Gasteiger partial charge in [0.05, 0.1) is 23.5 Å². The molecule has 166 valence electrons. The second kappa shape index (κ2) is 8.73. The number of aromatic nitrogens is 2. The third-order valence-electron chi connectivity index (χ3n) is 5.63. The number of nitrogens with one attached hydrogen (secondary N) is 1. The van der Waals surface area contributed by atoms with E-state index in [1.165, 1.54) is 0 Å². The molecule has 0 spiro atoms. The topological polar surface area (TPSA) is 95.4 Å². The SMILES string of the molecule is O=C(c1ccc(NS(=O)c2cccc3cccnc23)cc1)N1CC(O)(Cc2ccccn2)C1. The predicted molar refractivity (Wildman–Crippen MR) is 127 cm³/mol. The molecule has 1 atom stereocenters. The van der Waals surface area contributed by atoms with Crippen molar-refractivity contribution in [1.82, 2.24) is 14.9 Å². The molecule has 0 bridgehead atoms. The number of pyridine rings is 2. The van der Waals surface area contributed by atoms with Crippen LogP contribution in [-0.2, 0) is 17.4 Å². The predicted octanol–water partition coefficient (Wildman–Crippen LogP) is 3.19. The first-order chi connectivity index (χ1) is 16.0. The fourth-order valence-corrected chi connectivity index (χ4v) is 5.02. The van der Waals surface area contributed by atoms with Gasteiger partial charge in [-0.25, -0.2) is 4.21 Å². The van der Waals surface area contributed by atoms with Gasteiger partial charge in [-0.15, -0.1) is 0 Å². The van der Waals surface area contributed by atoms with E-state index < -0.39 is 16.6 Å². The van der Waals surface area contributed by atoms with Gasteiger partial charge >= 0.3 is 0 Å². The minimum absolute atomic E-state index is 0.147. The van der Waals surface area contributed by atoms with E-state index in [9.17, 15) is 14.1 Å². The number of carbonyl (C=O) groups is 1. The number of fused-ring (bicyclic) bond motifs is 1. The highest BCUT2D eigenvalue weighted by Crippen LogP contribution is 2.27. The summed E-state index contributed by atoms with van der Waals surface area (Å²) in [6.45, 7) is 0.529. The van der Waals surface area contributed by atoms with E-state index in [1.807, 2.05) is 42.5 Å². The maximum atomic E-state index is 12.9. The highest BCUT2D eigenvalue weighted by atomic mass is 32.2. The van der Waals surface area contributed by atoms with Crippen LogP contribution < -0.4 is 4.72 Å². The van der Waals surface area contributed by atoms with Crippen LogP contribution in [0.1, 0.15) is 16.1 Å². The highest BCUT2D eigenvalue weighted by Gasteiger charge is 2.44. The Kier molecular flexibility index (Phi) is 5.62. The summed E-state index contributed by atoms with van der Waals surface area (Å²) in [6.07, 6.45) is 3.78. The zero-order valence-corrected chi connectivity index (χ0v) is 18.5. The fraction of sp³-hybridized carbons (Fsp3) is 0.160. The molecule has 7 nitrogen and oxygen atoms in total. The summed E-state index contributed by atoms with van der Waals surface area (Å²) in [7, 11) is -1.50. The van der Waals surface area contributed by atoms with E-state index in [0.29, 0.717) is 28.1 Å². The normalized spacial score (nSPS) is 15.6. The third-order valence-corrected chi connectivity index (χ3v) is 6.78. The number of nitrogens with zero attached hydrogens (tertiary/aromatic N) is 3. The van der Waals surface area contributed by atoms with Gasteiger partial charge < -0.3 is 14.7 Å². The number of para-hydroxylation sites is 1. The second-order valence-corrected chi connectivity index (χ2v) is 9.34. The number of anilines is 1. The standard InChI is InChI=1S/C25H22N4O3S/c30-24(29-16-25(31,17-29)15-21-7-1-2-13-26-21)19-9-11-20(12-10-19)28-33(32)22-8-3-5-18-6-4-14-27-23(18)22/h1-14,28,31H,15-17H2. The van der Waals surface area contributed by atoms with E-state index in [-0.39, 0.29) is 19.0 Å². The van der Waals surface area contributed by atoms with Crippen molar-refractivity contribution in [1.29, 1.82) is 0 Å². The molecule has 2 N–H and O–H groups in total. The lowest BCUT2D eigenvalue weighted by molar-refractivity contribution is -0.0804. The molecule has 1 unspecified atom stereocenters. The molecule has 0 radical (unpaired) electrons. The maximum Gasteiger partial charge on any atom is 0.254 e. The number of β-amino-alcohol motifs (C(OH)–C–C–N with tert-alkyl or cyclic N) is 1. The number of rotatable bonds is 6. The van der Waals surface area contributed by atoms with E-state index in [4.69, 9.17) is 0 Å². The first kappa shape index (κ1) is 21.2. The number of likely N-dealkylation sites (tertiary alicyclic amines) is 1. The molecule has 2 aromatic carbocycles. The molecule has 0 saturated carbocycles. The largest absolute Gasteiger partial charge is 0.386 e. The molecule has 5 rings (SSSR count). The quantitative estimate of drug-likeness (QED) is 0.463. The molecule has 4 aromatic rings. The van der Waals surface area contributed by atoms with Crippen LogP contribution in [0, 0.1) is 0 Å². The summed E-state index contributed by atoms with van der Waals surface area (Å²) >= 11 is 0. The minimum atomic E-state index is -1.50. The van der Waals surface area contributed by atoms with Crippen molar-refractivity contribution in [2.24, 2.45) is 0 Å². The van der Waals surface area contributed by atoms with Crippen LogP contribution >= 0.6 is 0 Å². The molecule has 33 heavy (non-hydrogen) atoms. The summed E-state index contributed by atoms with van der Waals surface area (Å²) in [6, 6.07) is 21.8. The fourth-order valence-electron chi connectivity index (χ4n) is 4.01. The van der Waals surface area contributed by atoms with Crippen molar-refractivity contribution in [3.05, 3.63) is 96.4 Å². The molecule has 0 aliphatic carbocycles. The van der Waals surface area contributed by atoms with Crippen LogP contribution in [0.15, 0.2) is 90.1 Å². The van der Waals surface area contributed by atoms with E-state index in [2.05, 4.69) is 14.7 Å². The molecule has 3 heterocycles. The molecule has 1 fully saturated rings. The van der Waals surface area contributed by atoms with Crippen molar-refractivity contribution < 1.29 is 14.1 Å². The summed E-state index contributed by atoms with van der Waals surface area (Å²) in [5, 5.41) is 11.6. The van der Waals surface area contributed by atoms with Crippen LogP contribution in [-0.4, -0.2) is 48.8 Å². The number of amides is 1. The van der Waals surface area contributed by atoms with Crippen LogP contribution in [0.4, 0.5) is 5.69 Å². The summed E-state index contributed by atoms with van der Waals surface area (Å²) in [5.41, 5.74) is 1.69. The summed E-state index contributed by atoms with van der Waals surface area (Å²) in [5.74, 6) is -0.147. The Morgan fingerprint density at radius 3 is 2.48 bits per heavy atom. The zero-order valence-electron chi connectivity index (χ0n) is 17.7. The Hall–Kier alpha value is -3.62. The lowest BCUT2D eigenvalue weighted by Gasteiger charge is -2.46. The molecule has 8 heteroatoms. The van der Waals surface area contributed by atoms with E-state index >= 15 is 0 Å². The molecule has 1 aliphatic rings. The minimum Gasteiger partial charge on any atom is -0.386 e. The third kappa shape index (κ3) is 4.48. The highest BCUT2D eigenvalue weighted by molar-refractivity contribution is 7.86. The Balaban J connectivity index is 1.22. The Morgan fingerprint density at radius 1 is 0.970 bits per heavy atom. The summed E-state index contributed by atoms with van der Waals surface area (Å²) in [4.78, 5) is 23.6. The van der Waals surface area contributed by atoms with E-state index in [0.717, 1.165) is 11.1 Å². The van der Waals surface area contributed by atoms with Gasteiger partial charge in [-0.2, -0.15) is 0 Å². The van der Waals surface area contributed by atoms with Gasteiger partial charge in [-0.05, 0) is 48.5 Å². The zero-order chi connectivity index (χ0) is 22.8. The van der Waals surface area contributed by atoms with Gasteiger partial charge in [-0.1, -0.05) is 24.3 Å². The van der Waals surface area contributed by atoms with Gasteiger partial charge in [0.1, 0.15) is 5.60 Å². The van der Waals surface area contributed by atoms with Gasteiger partial charge in [-0.3, -0.25) is 14.8 Å². The Bertz CT molecular complexity index is 1320. The average molecular weight is 459 g/mol. The molecular formula is C25H22N4O3S. The molecule has 1 aliphatic heterocycles. The number of carbonyl (C=O) groups excluding carboxylic acids is 1. The molecule has 1 amide bonds.